The van der Waals surface area contributed by atoms with Gasteiger partial charge in [0, 0.05) is 24.5 Å². The zero-order chi connectivity index (χ0) is 29.5. The first kappa shape index (κ1) is 28.4. The molecule has 10 heteroatoms. The van der Waals surface area contributed by atoms with Crippen molar-refractivity contribution in [3.8, 4) is 5.75 Å². The molecular weight excluding hydrogens is 548 g/mol. The Labute approximate surface area is 234 Å². The Morgan fingerprint density at radius 2 is 1.68 bits per heavy atom. The van der Waals surface area contributed by atoms with E-state index in [4.69, 9.17) is 4.74 Å². The number of hydrogen-bond acceptors (Lipinski definition) is 3. The smallest absolute Gasteiger partial charge is 0.416 e. The summed E-state index contributed by atoms with van der Waals surface area (Å²) >= 11 is 0. The van der Waals surface area contributed by atoms with Crippen LogP contribution in [-0.4, -0.2) is 34.7 Å². The number of halogens is 6. The Hall–Kier alpha value is -2.75. The Balaban J connectivity index is 1.15. The maximum atomic E-state index is 13.7. The van der Waals surface area contributed by atoms with Crippen LogP contribution in [0.25, 0.3) is 0 Å². The Kier molecular flexibility index (Phi) is 6.49. The van der Waals surface area contributed by atoms with E-state index in [1.165, 1.54) is 6.92 Å². The largest absolute Gasteiger partial charge is 0.487 e. The average molecular weight is 582 g/mol. The van der Waals surface area contributed by atoms with Gasteiger partial charge in [-0.1, -0.05) is 19.1 Å². The number of hydrogen-bond donors (Lipinski definition) is 1. The van der Waals surface area contributed by atoms with Gasteiger partial charge >= 0.3 is 18.3 Å². The predicted molar refractivity (Wildman–Crippen MR) is 138 cm³/mol. The minimum absolute atomic E-state index is 0.0638. The van der Waals surface area contributed by atoms with Crippen LogP contribution in [0.4, 0.5) is 26.3 Å². The van der Waals surface area contributed by atoms with E-state index in [0.717, 1.165) is 55.4 Å². The zero-order valence-corrected chi connectivity index (χ0v) is 22.9. The zero-order valence-electron chi connectivity index (χ0n) is 22.9. The molecule has 0 radical (unpaired) electrons. The van der Waals surface area contributed by atoms with Crippen molar-refractivity contribution in [2.24, 2.45) is 17.3 Å². The Bertz CT molecular complexity index is 1350. The van der Waals surface area contributed by atoms with Crippen molar-refractivity contribution in [2.75, 3.05) is 13.1 Å². The third kappa shape index (κ3) is 5.10. The molecule has 3 atom stereocenters. The molecule has 1 unspecified atom stereocenters. The van der Waals surface area contributed by atoms with Gasteiger partial charge in [-0.25, -0.2) is 0 Å². The number of carboxylic acid groups (broad SMARTS) is 1. The lowest BCUT2D eigenvalue weighted by molar-refractivity contribution is -0.192. The maximum Gasteiger partial charge on any atom is 0.416 e. The van der Waals surface area contributed by atoms with Gasteiger partial charge in [-0.15, -0.1) is 0 Å². The van der Waals surface area contributed by atoms with Gasteiger partial charge < -0.3 is 9.84 Å². The molecule has 2 aliphatic carbocycles. The van der Waals surface area contributed by atoms with E-state index in [1.54, 1.807) is 6.92 Å². The summed E-state index contributed by atoms with van der Waals surface area (Å²) in [6.45, 7) is 4.29. The van der Waals surface area contributed by atoms with Crippen LogP contribution in [0.2, 0.25) is 0 Å². The standard InChI is InChI=1S/C31H33F6NO3/c1-17(27(39)40)26(20-4-5-20)21-6-3-19-9-10-29(41-25(19)11-21)13-28(14-29)15-38(16-28)18(2)23-12-22(30(32,33)34)7-8-24(23)31(35,36)37/h3,6-8,11-12,17-18,20,26H,4-5,9-10,13-16H2,1-2H3,(H,39,40)/t17-,18+,26?/m0/s1. The summed E-state index contributed by atoms with van der Waals surface area (Å²) in [5.74, 6) is -0.223. The van der Waals surface area contributed by atoms with E-state index < -0.39 is 41.4 Å². The van der Waals surface area contributed by atoms with Crippen molar-refractivity contribution in [3.05, 3.63) is 64.2 Å². The van der Waals surface area contributed by atoms with Crippen molar-refractivity contribution < 1.29 is 41.0 Å². The second-order valence-corrected chi connectivity index (χ2v) is 12.9. The minimum Gasteiger partial charge on any atom is -0.487 e. The molecule has 4 nitrogen and oxygen atoms in total. The number of aryl methyl sites for hydroxylation is 1. The predicted octanol–water partition coefficient (Wildman–Crippen LogP) is 7.86. The molecule has 4 aliphatic rings. The number of fused-ring (bicyclic) bond motifs is 1. The highest BCUT2D eigenvalue weighted by molar-refractivity contribution is 5.71. The summed E-state index contributed by atoms with van der Waals surface area (Å²) in [5.41, 5.74) is -0.899. The monoisotopic (exact) mass is 581 g/mol. The van der Waals surface area contributed by atoms with Crippen molar-refractivity contribution in [2.45, 2.75) is 82.3 Å². The summed E-state index contributed by atoms with van der Waals surface area (Å²) in [6.07, 6.45) is -4.32. The Morgan fingerprint density at radius 3 is 2.27 bits per heavy atom. The number of carbonyl (C=O) groups is 1. The first-order chi connectivity index (χ1) is 19.1. The van der Waals surface area contributed by atoms with Crippen LogP contribution >= 0.6 is 0 Å². The molecule has 222 valence electrons. The fraction of sp³-hybridized carbons (Fsp3) is 0.581. The van der Waals surface area contributed by atoms with Crippen molar-refractivity contribution in [1.29, 1.82) is 0 Å². The Morgan fingerprint density at radius 1 is 1.00 bits per heavy atom. The number of ether oxygens (including phenoxy) is 1. The van der Waals surface area contributed by atoms with E-state index in [9.17, 15) is 36.2 Å². The molecular formula is C31H33F6NO3. The number of benzene rings is 2. The van der Waals surface area contributed by atoms with Crippen LogP contribution in [0, 0.1) is 17.3 Å². The molecule has 1 saturated heterocycles. The molecule has 41 heavy (non-hydrogen) atoms. The number of carboxylic acids is 1. The summed E-state index contributed by atoms with van der Waals surface area (Å²) in [7, 11) is 0. The average Bonchev–Trinajstić information content (AvgIpc) is 3.68. The van der Waals surface area contributed by atoms with Crippen molar-refractivity contribution in [3.63, 3.8) is 0 Å². The van der Waals surface area contributed by atoms with Gasteiger partial charge in [0.05, 0.1) is 17.0 Å². The number of alkyl halides is 6. The van der Waals surface area contributed by atoms with Crippen LogP contribution in [0.1, 0.15) is 85.7 Å². The highest BCUT2D eigenvalue weighted by atomic mass is 19.4. The molecule has 0 bridgehead atoms. The van der Waals surface area contributed by atoms with Crippen molar-refractivity contribution >= 4 is 5.97 Å². The summed E-state index contributed by atoms with van der Waals surface area (Å²) in [4.78, 5) is 13.6. The third-order valence-corrected chi connectivity index (χ3v) is 9.86. The van der Waals surface area contributed by atoms with Crippen LogP contribution in [0.5, 0.6) is 5.75 Å². The normalized spacial score (nSPS) is 23.6. The van der Waals surface area contributed by atoms with E-state index >= 15 is 0 Å². The van der Waals surface area contributed by atoms with Crippen LogP contribution in [-0.2, 0) is 23.6 Å². The summed E-state index contributed by atoms with van der Waals surface area (Å²) in [6, 6.07) is 6.92. The molecule has 2 heterocycles. The highest BCUT2D eigenvalue weighted by Crippen LogP contribution is 2.60. The van der Waals surface area contributed by atoms with E-state index in [0.29, 0.717) is 37.2 Å². The first-order valence-corrected chi connectivity index (χ1v) is 14.2. The lowest BCUT2D eigenvalue weighted by Gasteiger charge is -2.65. The maximum absolute atomic E-state index is 13.7. The second-order valence-electron chi connectivity index (χ2n) is 12.9. The van der Waals surface area contributed by atoms with Gasteiger partial charge in [-0.2, -0.15) is 26.3 Å². The topological polar surface area (TPSA) is 49.8 Å². The van der Waals surface area contributed by atoms with Gasteiger partial charge in [-0.3, -0.25) is 9.69 Å². The summed E-state index contributed by atoms with van der Waals surface area (Å²) < 4.78 is 87.5. The van der Waals surface area contributed by atoms with E-state index in [2.05, 4.69) is 0 Å². The molecule has 1 N–H and O–H groups in total. The van der Waals surface area contributed by atoms with Crippen LogP contribution in [0.3, 0.4) is 0 Å². The van der Waals surface area contributed by atoms with Gasteiger partial charge in [0.1, 0.15) is 11.4 Å². The van der Waals surface area contributed by atoms with Gasteiger partial charge in [0.2, 0.25) is 0 Å². The molecule has 2 spiro atoms. The molecule has 3 fully saturated rings. The highest BCUT2D eigenvalue weighted by Gasteiger charge is 2.62. The molecule has 2 aromatic carbocycles. The quantitative estimate of drug-likeness (QED) is 0.353. The second kappa shape index (κ2) is 9.38. The number of likely N-dealkylation sites (tertiary alicyclic amines) is 1. The van der Waals surface area contributed by atoms with Crippen LogP contribution in [0.15, 0.2) is 36.4 Å². The molecule has 2 saturated carbocycles. The van der Waals surface area contributed by atoms with Gasteiger partial charge in [0.15, 0.2) is 0 Å². The van der Waals surface area contributed by atoms with Gasteiger partial charge in [-0.05, 0) is 98.2 Å². The molecule has 0 aromatic heterocycles. The third-order valence-electron chi connectivity index (χ3n) is 9.86. The summed E-state index contributed by atoms with van der Waals surface area (Å²) in [5, 5.41) is 9.65. The molecule has 0 amide bonds. The lowest BCUT2D eigenvalue weighted by Crippen LogP contribution is -2.70. The number of rotatable bonds is 6. The fourth-order valence-electron chi connectivity index (χ4n) is 7.72. The number of aliphatic carboxylic acids is 1. The first-order valence-electron chi connectivity index (χ1n) is 14.2. The SMILES string of the molecule is C[C@H](C(=O)O)C(c1ccc2c(c1)OC1(CC2)CC2(CN([C@H](C)c3cc(C(F)(F)F)ccc3C(F)(F)F)C2)C1)C1CC1. The molecule has 2 aromatic rings. The number of nitrogens with zero attached hydrogens (tertiary/aromatic N) is 1. The van der Waals surface area contributed by atoms with E-state index in [1.807, 2.05) is 23.1 Å². The van der Waals surface area contributed by atoms with Gasteiger partial charge in [0.25, 0.3) is 0 Å². The fourth-order valence-corrected chi connectivity index (χ4v) is 7.72. The lowest BCUT2D eigenvalue weighted by atomic mass is 9.53. The van der Waals surface area contributed by atoms with Crippen LogP contribution < -0.4 is 4.74 Å². The molecule has 6 rings (SSSR count). The minimum atomic E-state index is -4.75. The van der Waals surface area contributed by atoms with Crippen molar-refractivity contribution in [1.82, 2.24) is 4.90 Å². The van der Waals surface area contributed by atoms with E-state index in [-0.39, 0.29) is 22.5 Å². The molecule has 2 aliphatic heterocycles.